The number of likely N-dealkylation sites (N-methyl/N-ethyl adjacent to an activating group) is 1. The minimum Gasteiger partial charge on any atom is -0.327 e. The molecule has 0 aromatic heterocycles. The monoisotopic (exact) mass is 248 g/mol. The zero-order valence-corrected chi connectivity index (χ0v) is 12.1. The highest BCUT2D eigenvalue weighted by molar-refractivity contribution is 5.14. The van der Waals surface area contributed by atoms with Crippen LogP contribution in [0.1, 0.15) is 32.8 Å². The summed E-state index contributed by atoms with van der Waals surface area (Å²) in [5, 5.41) is 0. The zero-order valence-electron chi connectivity index (χ0n) is 12.1. The lowest BCUT2D eigenvalue weighted by molar-refractivity contribution is 0.238. The van der Waals surface area contributed by atoms with Crippen molar-refractivity contribution in [2.45, 2.75) is 39.7 Å². The van der Waals surface area contributed by atoms with Crippen LogP contribution >= 0.6 is 0 Å². The number of hydrogen-bond donors (Lipinski definition) is 1. The molecule has 0 bridgehead atoms. The molecule has 0 aliphatic heterocycles. The van der Waals surface area contributed by atoms with Crippen LogP contribution in [0.15, 0.2) is 30.3 Å². The van der Waals surface area contributed by atoms with Crippen LogP contribution < -0.4 is 5.73 Å². The van der Waals surface area contributed by atoms with Gasteiger partial charge in [0.2, 0.25) is 0 Å². The molecule has 0 radical (unpaired) electrons. The molecule has 0 amide bonds. The third kappa shape index (κ3) is 6.18. The third-order valence-electron chi connectivity index (χ3n) is 3.21. The summed E-state index contributed by atoms with van der Waals surface area (Å²) in [5.41, 5.74) is 7.62. The van der Waals surface area contributed by atoms with Crippen LogP contribution in [0.4, 0.5) is 0 Å². The molecule has 0 saturated heterocycles. The largest absolute Gasteiger partial charge is 0.327 e. The number of benzene rings is 1. The second-order valence-corrected chi connectivity index (χ2v) is 5.53. The second kappa shape index (κ2) is 8.28. The van der Waals surface area contributed by atoms with Gasteiger partial charge in [0.1, 0.15) is 0 Å². The normalized spacial score (nSPS) is 13.2. The minimum atomic E-state index is 0.281. The van der Waals surface area contributed by atoms with E-state index in [4.69, 9.17) is 5.73 Å². The number of nitrogens with two attached hydrogens (primary N) is 1. The van der Waals surface area contributed by atoms with Crippen LogP contribution in [0, 0.1) is 5.92 Å². The van der Waals surface area contributed by atoms with Crippen molar-refractivity contribution in [3.05, 3.63) is 35.9 Å². The van der Waals surface area contributed by atoms with Gasteiger partial charge in [0.15, 0.2) is 0 Å². The van der Waals surface area contributed by atoms with Gasteiger partial charge in [-0.2, -0.15) is 0 Å². The summed E-state index contributed by atoms with van der Waals surface area (Å²) in [6.45, 7) is 10.00. The van der Waals surface area contributed by atoms with Gasteiger partial charge in [-0.1, -0.05) is 51.1 Å². The molecular weight excluding hydrogens is 220 g/mol. The maximum atomic E-state index is 6.23. The summed E-state index contributed by atoms with van der Waals surface area (Å²) < 4.78 is 0. The molecule has 2 heteroatoms. The van der Waals surface area contributed by atoms with Crippen molar-refractivity contribution >= 4 is 0 Å². The van der Waals surface area contributed by atoms with Gasteiger partial charge >= 0.3 is 0 Å². The van der Waals surface area contributed by atoms with E-state index in [0.29, 0.717) is 5.92 Å². The molecule has 0 aliphatic carbocycles. The fourth-order valence-corrected chi connectivity index (χ4v) is 2.27. The molecule has 0 heterocycles. The fraction of sp³-hybridized carbons (Fsp3) is 0.625. The highest BCUT2D eigenvalue weighted by Crippen LogP contribution is 2.06. The number of rotatable bonds is 8. The molecule has 1 aromatic carbocycles. The number of aryl methyl sites for hydroxylation is 1. The average Bonchev–Trinajstić information content (AvgIpc) is 2.36. The summed E-state index contributed by atoms with van der Waals surface area (Å²) in [7, 11) is 0. The van der Waals surface area contributed by atoms with Gasteiger partial charge in [0.25, 0.3) is 0 Å². The van der Waals surface area contributed by atoms with Crippen molar-refractivity contribution in [3.63, 3.8) is 0 Å². The second-order valence-electron chi connectivity index (χ2n) is 5.53. The maximum Gasteiger partial charge on any atom is 0.0170 e. The smallest absolute Gasteiger partial charge is 0.0170 e. The van der Waals surface area contributed by atoms with Crippen molar-refractivity contribution in [1.29, 1.82) is 0 Å². The minimum absolute atomic E-state index is 0.281. The van der Waals surface area contributed by atoms with Crippen molar-refractivity contribution in [2.75, 3.05) is 19.6 Å². The first kappa shape index (κ1) is 15.2. The SMILES string of the molecule is CCN(CC(C)C)CC(N)CCc1ccccc1. The molecule has 2 nitrogen and oxygen atoms in total. The molecular formula is C16H28N2. The molecule has 18 heavy (non-hydrogen) atoms. The van der Waals surface area contributed by atoms with Gasteiger partial charge in [0, 0.05) is 19.1 Å². The topological polar surface area (TPSA) is 29.3 Å². The molecule has 1 atom stereocenters. The van der Waals surface area contributed by atoms with Crippen molar-refractivity contribution in [2.24, 2.45) is 11.7 Å². The Labute approximate surface area is 112 Å². The van der Waals surface area contributed by atoms with Crippen molar-refractivity contribution in [1.82, 2.24) is 4.90 Å². The van der Waals surface area contributed by atoms with Gasteiger partial charge in [-0.25, -0.2) is 0 Å². The molecule has 1 aromatic rings. The number of hydrogen-bond acceptors (Lipinski definition) is 2. The Bertz CT molecular complexity index is 308. The van der Waals surface area contributed by atoms with Crippen LogP contribution in [0.25, 0.3) is 0 Å². The van der Waals surface area contributed by atoms with E-state index in [9.17, 15) is 0 Å². The molecule has 1 rings (SSSR count). The van der Waals surface area contributed by atoms with Crippen LogP contribution in [0.5, 0.6) is 0 Å². The summed E-state index contributed by atoms with van der Waals surface area (Å²) in [6.07, 6.45) is 2.15. The maximum absolute atomic E-state index is 6.23. The predicted molar refractivity (Wildman–Crippen MR) is 79.7 cm³/mol. The van der Waals surface area contributed by atoms with E-state index in [1.54, 1.807) is 0 Å². The molecule has 102 valence electrons. The summed E-state index contributed by atoms with van der Waals surface area (Å²) in [5.74, 6) is 0.714. The van der Waals surface area contributed by atoms with Gasteiger partial charge < -0.3 is 10.6 Å². The summed E-state index contributed by atoms with van der Waals surface area (Å²) >= 11 is 0. The first-order valence-electron chi connectivity index (χ1n) is 7.13. The van der Waals surface area contributed by atoms with E-state index < -0.39 is 0 Å². The highest BCUT2D eigenvalue weighted by atomic mass is 15.1. The van der Waals surface area contributed by atoms with Crippen LogP contribution in [0.2, 0.25) is 0 Å². The fourth-order valence-electron chi connectivity index (χ4n) is 2.27. The zero-order chi connectivity index (χ0) is 13.4. The van der Waals surface area contributed by atoms with E-state index in [1.807, 2.05) is 0 Å². The van der Waals surface area contributed by atoms with E-state index in [1.165, 1.54) is 5.56 Å². The Hall–Kier alpha value is -0.860. The first-order valence-corrected chi connectivity index (χ1v) is 7.13. The first-order chi connectivity index (χ1) is 8.61. The Kier molecular flexibility index (Phi) is 6.99. The summed E-state index contributed by atoms with van der Waals surface area (Å²) in [4.78, 5) is 2.46. The Balaban J connectivity index is 2.30. The highest BCUT2D eigenvalue weighted by Gasteiger charge is 2.10. The average molecular weight is 248 g/mol. The van der Waals surface area contributed by atoms with Crippen LogP contribution in [-0.2, 0) is 6.42 Å². The van der Waals surface area contributed by atoms with E-state index in [2.05, 4.69) is 56.0 Å². The quantitative estimate of drug-likeness (QED) is 0.766. The lowest BCUT2D eigenvalue weighted by Gasteiger charge is -2.25. The van der Waals surface area contributed by atoms with E-state index in [-0.39, 0.29) is 6.04 Å². The lowest BCUT2D eigenvalue weighted by Crippen LogP contribution is -2.39. The predicted octanol–water partition coefficient (Wildman–Crippen LogP) is 2.92. The molecule has 2 N–H and O–H groups in total. The van der Waals surface area contributed by atoms with Crippen molar-refractivity contribution in [3.8, 4) is 0 Å². The molecule has 0 fully saturated rings. The Morgan fingerprint density at radius 3 is 2.33 bits per heavy atom. The number of nitrogens with zero attached hydrogens (tertiary/aromatic N) is 1. The van der Waals surface area contributed by atoms with Crippen molar-refractivity contribution < 1.29 is 0 Å². The van der Waals surface area contributed by atoms with Crippen LogP contribution in [0.3, 0.4) is 0 Å². The Morgan fingerprint density at radius 1 is 1.11 bits per heavy atom. The van der Waals surface area contributed by atoms with Gasteiger partial charge in [-0.15, -0.1) is 0 Å². The molecule has 0 spiro atoms. The van der Waals surface area contributed by atoms with E-state index >= 15 is 0 Å². The van der Waals surface area contributed by atoms with E-state index in [0.717, 1.165) is 32.5 Å². The van der Waals surface area contributed by atoms with Gasteiger partial charge in [-0.3, -0.25) is 0 Å². The summed E-state index contributed by atoms with van der Waals surface area (Å²) in [6, 6.07) is 10.9. The van der Waals surface area contributed by atoms with Gasteiger partial charge in [-0.05, 0) is 30.9 Å². The van der Waals surface area contributed by atoms with Gasteiger partial charge in [0.05, 0.1) is 0 Å². The lowest BCUT2D eigenvalue weighted by atomic mass is 10.1. The third-order valence-corrected chi connectivity index (χ3v) is 3.21. The molecule has 0 saturated carbocycles. The standard InChI is InChI=1S/C16H28N2/c1-4-18(12-14(2)3)13-16(17)11-10-15-8-6-5-7-9-15/h5-9,14,16H,4,10-13,17H2,1-3H3. The Morgan fingerprint density at radius 2 is 1.78 bits per heavy atom. The molecule has 0 aliphatic rings. The molecule has 1 unspecified atom stereocenters. The van der Waals surface area contributed by atoms with Crippen LogP contribution in [-0.4, -0.2) is 30.6 Å².